The number of nitrogens with one attached hydrogen (secondary N) is 2. The molecule has 1 unspecified atom stereocenters. The van der Waals surface area contributed by atoms with Gasteiger partial charge in [-0.3, -0.25) is 0 Å². The molecule has 2 N–H and O–H groups in total. The average molecular weight is 399 g/mol. The molecule has 0 radical (unpaired) electrons. The second-order valence-electron chi connectivity index (χ2n) is 7.16. The fourth-order valence-electron chi connectivity index (χ4n) is 3.22. The smallest absolute Gasteiger partial charge is 0.321 e. The van der Waals surface area contributed by atoms with Crippen molar-refractivity contribution in [1.29, 1.82) is 0 Å². The number of amides is 2. The van der Waals surface area contributed by atoms with Crippen LogP contribution in [-0.2, 0) is 14.8 Å². The number of aryl methyl sites for hydroxylation is 1. The van der Waals surface area contributed by atoms with Crippen molar-refractivity contribution in [2.45, 2.75) is 50.2 Å². The van der Waals surface area contributed by atoms with Gasteiger partial charge >= 0.3 is 6.03 Å². The fraction of sp³-hybridized carbons (Fsp3) is 0.611. The lowest BCUT2D eigenvalue weighted by Crippen LogP contribution is -2.40. The molecule has 2 aliphatic rings. The third-order valence-corrected chi connectivity index (χ3v) is 6.63. The molecule has 150 valence electrons. The Balaban J connectivity index is 1.80. The van der Waals surface area contributed by atoms with Gasteiger partial charge in [0.15, 0.2) is 0 Å². The Kier molecular flexibility index (Phi) is 6.02. The Bertz CT molecular complexity index is 811. The zero-order chi connectivity index (χ0) is 19.6. The number of benzene rings is 1. The van der Waals surface area contributed by atoms with E-state index in [1.165, 1.54) is 4.90 Å². The number of carbonyl (C=O) groups excluding carboxylic acids is 1. The van der Waals surface area contributed by atoms with Crippen LogP contribution in [0.2, 0.25) is 0 Å². The van der Waals surface area contributed by atoms with Gasteiger partial charge in [0.2, 0.25) is 10.0 Å². The second-order valence-corrected chi connectivity index (χ2v) is 8.81. The van der Waals surface area contributed by atoms with Crippen LogP contribution in [0.3, 0.4) is 0 Å². The molecule has 1 saturated carbocycles. The van der Waals surface area contributed by atoms with E-state index in [-0.39, 0.29) is 23.5 Å². The van der Waals surface area contributed by atoms with Crippen LogP contribution in [0, 0.1) is 13.8 Å². The summed E-state index contributed by atoms with van der Waals surface area (Å²) in [5.41, 5.74) is 1.55. The molecule has 9 heteroatoms. The third-order valence-electron chi connectivity index (χ3n) is 4.82. The molecule has 1 saturated heterocycles. The monoisotopic (exact) mass is 399 g/mol. The van der Waals surface area contributed by atoms with Gasteiger partial charge in [0.1, 0.15) is 12.8 Å². The van der Waals surface area contributed by atoms with Gasteiger partial charge in [-0.25, -0.2) is 22.3 Å². The van der Waals surface area contributed by atoms with Crippen LogP contribution in [0.5, 0.6) is 0 Å². The number of hydrogen-bond donors (Lipinski definition) is 2. The predicted octanol–water partition coefficient (Wildman–Crippen LogP) is 2.34. The van der Waals surface area contributed by atoms with Crippen molar-refractivity contribution in [3.05, 3.63) is 23.3 Å². The van der Waals surface area contributed by atoms with Crippen molar-refractivity contribution in [2.24, 2.45) is 0 Å². The molecule has 2 amide bonds. The van der Waals surface area contributed by atoms with Gasteiger partial charge in [0.05, 0.1) is 11.4 Å². The summed E-state index contributed by atoms with van der Waals surface area (Å²) in [6, 6.07) is 2.99. The van der Waals surface area contributed by atoms with Crippen LogP contribution >= 0.6 is 0 Å². The first-order valence-corrected chi connectivity index (χ1v) is 10.7. The molecule has 1 aromatic carbocycles. The molecule has 7 nitrogen and oxygen atoms in total. The molecule has 0 bridgehead atoms. The highest BCUT2D eigenvalue weighted by atomic mass is 32.2. The van der Waals surface area contributed by atoms with Gasteiger partial charge in [-0.2, -0.15) is 0 Å². The number of sulfonamides is 1. The molecular weight excluding hydrogens is 373 g/mol. The number of hydrogen-bond acceptors (Lipinski definition) is 4. The summed E-state index contributed by atoms with van der Waals surface area (Å²) >= 11 is 0. The first-order chi connectivity index (χ1) is 12.8. The van der Waals surface area contributed by atoms with Crippen LogP contribution in [0.25, 0.3) is 0 Å². The van der Waals surface area contributed by atoms with Crippen LogP contribution in [0.1, 0.15) is 30.4 Å². The second kappa shape index (κ2) is 8.12. The number of anilines is 1. The zero-order valence-corrected chi connectivity index (χ0v) is 16.4. The highest BCUT2D eigenvalue weighted by Gasteiger charge is 2.31. The van der Waals surface area contributed by atoms with Crippen molar-refractivity contribution in [1.82, 2.24) is 9.62 Å². The van der Waals surface area contributed by atoms with Crippen molar-refractivity contribution >= 4 is 21.7 Å². The van der Waals surface area contributed by atoms with E-state index < -0.39 is 22.8 Å². The molecule has 0 spiro atoms. The molecule has 1 atom stereocenters. The van der Waals surface area contributed by atoms with Crippen LogP contribution in [-0.4, -0.2) is 57.9 Å². The standard InChI is InChI=1S/C18H26FN3O4S/c1-12-4-7-16(13(2)17(12)27(24,25)21-14-5-6-14)20-18(23)22-8-3-9-26-15(10-19)11-22/h4,7,14-15,21H,3,5-6,8-11H2,1-2H3,(H,20,23). The number of carbonyl (C=O) groups is 1. The summed E-state index contributed by atoms with van der Waals surface area (Å²) < 4.78 is 46.4. The minimum atomic E-state index is -3.64. The minimum absolute atomic E-state index is 0.00165. The lowest BCUT2D eigenvalue weighted by atomic mass is 10.1. The van der Waals surface area contributed by atoms with Gasteiger partial charge in [-0.05, 0) is 50.3 Å². The summed E-state index contributed by atoms with van der Waals surface area (Å²) in [5.74, 6) is 0. The first-order valence-electron chi connectivity index (χ1n) is 9.18. The van der Waals surface area contributed by atoms with E-state index in [0.29, 0.717) is 36.4 Å². The Morgan fingerprint density at radius 3 is 2.74 bits per heavy atom. The van der Waals surface area contributed by atoms with Gasteiger partial charge in [0.25, 0.3) is 0 Å². The van der Waals surface area contributed by atoms with E-state index in [9.17, 15) is 17.6 Å². The van der Waals surface area contributed by atoms with E-state index in [1.54, 1.807) is 26.0 Å². The molecule has 2 fully saturated rings. The van der Waals surface area contributed by atoms with Crippen LogP contribution < -0.4 is 10.0 Å². The molecular formula is C18H26FN3O4S. The first kappa shape index (κ1) is 20.0. The summed E-state index contributed by atoms with van der Waals surface area (Å²) in [7, 11) is -3.64. The summed E-state index contributed by atoms with van der Waals surface area (Å²) in [6.45, 7) is 3.81. The Morgan fingerprint density at radius 2 is 2.07 bits per heavy atom. The third kappa shape index (κ3) is 4.77. The zero-order valence-electron chi connectivity index (χ0n) is 15.6. The maximum absolute atomic E-state index is 13.0. The van der Waals surface area contributed by atoms with Crippen LogP contribution in [0.15, 0.2) is 17.0 Å². The minimum Gasteiger partial charge on any atom is -0.374 e. The van der Waals surface area contributed by atoms with Gasteiger partial charge in [0, 0.05) is 24.9 Å². The topological polar surface area (TPSA) is 87.7 Å². The van der Waals surface area contributed by atoms with E-state index in [0.717, 1.165) is 12.8 Å². The maximum atomic E-state index is 13.0. The molecule has 1 aromatic rings. The van der Waals surface area contributed by atoms with Crippen molar-refractivity contribution in [3.8, 4) is 0 Å². The quantitative estimate of drug-likeness (QED) is 0.796. The molecule has 3 rings (SSSR count). The van der Waals surface area contributed by atoms with E-state index in [1.807, 2.05) is 0 Å². The number of urea groups is 1. The average Bonchev–Trinajstić information content (AvgIpc) is 3.43. The van der Waals surface area contributed by atoms with E-state index >= 15 is 0 Å². The molecule has 1 heterocycles. The normalized spacial score (nSPS) is 21.0. The number of ether oxygens (including phenoxy) is 1. The number of alkyl halides is 1. The Morgan fingerprint density at radius 1 is 1.33 bits per heavy atom. The molecule has 1 aliphatic carbocycles. The number of halogens is 1. The van der Waals surface area contributed by atoms with Gasteiger partial charge < -0.3 is 15.0 Å². The van der Waals surface area contributed by atoms with E-state index in [2.05, 4.69) is 10.0 Å². The summed E-state index contributed by atoms with van der Waals surface area (Å²) in [5, 5.41) is 2.78. The maximum Gasteiger partial charge on any atom is 0.321 e. The molecule has 1 aliphatic heterocycles. The largest absolute Gasteiger partial charge is 0.374 e. The van der Waals surface area contributed by atoms with Gasteiger partial charge in [-0.1, -0.05) is 6.07 Å². The van der Waals surface area contributed by atoms with Crippen molar-refractivity contribution in [3.63, 3.8) is 0 Å². The van der Waals surface area contributed by atoms with Crippen LogP contribution in [0.4, 0.5) is 14.9 Å². The number of nitrogens with zero attached hydrogens (tertiary/aromatic N) is 1. The SMILES string of the molecule is Cc1ccc(NC(=O)N2CCCOC(CF)C2)c(C)c1S(=O)(=O)NC1CC1. The lowest BCUT2D eigenvalue weighted by molar-refractivity contribution is 0.0409. The summed E-state index contributed by atoms with van der Waals surface area (Å²) in [6.07, 6.45) is 1.69. The fourth-order valence-corrected chi connectivity index (χ4v) is 5.02. The predicted molar refractivity (Wildman–Crippen MR) is 100 cm³/mol. The lowest BCUT2D eigenvalue weighted by Gasteiger charge is -2.24. The van der Waals surface area contributed by atoms with Gasteiger partial charge in [-0.15, -0.1) is 0 Å². The Labute approximate surface area is 159 Å². The molecule has 0 aromatic heterocycles. The Hall–Kier alpha value is -1.71. The molecule has 27 heavy (non-hydrogen) atoms. The van der Waals surface area contributed by atoms with Crippen molar-refractivity contribution < 1.29 is 22.3 Å². The summed E-state index contributed by atoms with van der Waals surface area (Å²) in [4.78, 5) is 14.3. The van der Waals surface area contributed by atoms with Crippen molar-refractivity contribution in [2.75, 3.05) is 31.7 Å². The van der Waals surface area contributed by atoms with E-state index in [4.69, 9.17) is 4.74 Å². The number of rotatable bonds is 5. The highest BCUT2D eigenvalue weighted by molar-refractivity contribution is 7.89. The highest BCUT2D eigenvalue weighted by Crippen LogP contribution is 2.29.